The molecule has 2 aromatic carbocycles. The highest BCUT2D eigenvalue weighted by Crippen LogP contribution is 2.34. The van der Waals surface area contributed by atoms with Crippen molar-refractivity contribution in [2.45, 2.75) is 51.1 Å². The largest absolute Gasteiger partial charge is 0.495 e. The second-order valence-corrected chi connectivity index (χ2v) is 10.3. The smallest absolute Gasteiger partial charge is 0.251 e. The molecule has 0 bridgehead atoms. The van der Waals surface area contributed by atoms with Crippen molar-refractivity contribution in [3.63, 3.8) is 0 Å². The molecule has 0 aliphatic carbocycles. The van der Waals surface area contributed by atoms with Gasteiger partial charge in [0.15, 0.2) is 11.5 Å². The summed E-state index contributed by atoms with van der Waals surface area (Å²) >= 11 is 0. The van der Waals surface area contributed by atoms with Gasteiger partial charge in [0.05, 0.1) is 26.4 Å². The number of hydrogen-bond acceptors (Lipinski definition) is 6. The minimum Gasteiger partial charge on any atom is -0.495 e. The molecule has 180 valence electrons. The van der Waals surface area contributed by atoms with Gasteiger partial charge in [-0.3, -0.25) is 4.79 Å². The first-order valence-corrected chi connectivity index (χ1v) is 12.5. The van der Waals surface area contributed by atoms with Gasteiger partial charge in [0.25, 0.3) is 5.91 Å². The maximum Gasteiger partial charge on any atom is 0.251 e. The molecule has 1 atom stereocenters. The first-order valence-electron chi connectivity index (χ1n) is 11.0. The standard InChI is InChI=1S/C24H32N2O6S/c1-15(2)23(17-7-9-19-21(13-17)32-12-6-11-31-19)25-24(27)18-8-10-20(30-5)22(14-18)33(28,29)26-16(3)4/h7-10,13-16,23,26H,6,11-12H2,1-5H3,(H,25,27)/t23-/m0/s1. The normalized spacial score (nSPS) is 14.6. The summed E-state index contributed by atoms with van der Waals surface area (Å²) < 4.78 is 44.8. The van der Waals surface area contributed by atoms with E-state index < -0.39 is 10.0 Å². The number of fused-ring (bicyclic) bond motifs is 1. The maximum absolute atomic E-state index is 13.2. The predicted octanol–water partition coefficient (Wildman–Crippen LogP) is 3.67. The van der Waals surface area contributed by atoms with Gasteiger partial charge in [-0.05, 0) is 55.7 Å². The van der Waals surface area contributed by atoms with E-state index >= 15 is 0 Å². The van der Waals surface area contributed by atoms with Crippen LogP contribution in [0.1, 0.15) is 56.1 Å². The van der Waals surface area contributed by atoms with E-state index in [2.05, 4.69) is 10.0 Å². The zero-order chi connectivity index (χ0) is 24.2. The van der Waals surface area contributed by atoms with Crippen LogP contribution in [0.25, 0.3) is 0 Å². The molecule has 0 unspecified atom stereocenters. The molecule has 1 aliphatic heterocycles. The summed E-state index contributed by atoms with van der Waals surface area (Å²) in [5, 5.41) is 3.04. The molecule has 1 heterocycles. The highest BCUT2D eigenvalue weighted by Gasteiger charge is 2.25. The molecular weight excluding hydrogens is 444 g/mol. The number of carbonyl (C=O) groups is 1. The van der Waals surface area contributed by atoms with Crippen LogP contribution in [0.15, 0.2) is 41.3 Å². The lowest BCUT2D eigenvalue weighted by atomic mass is 9.95. The third-order valence-corrected chi connectivity index (χ3v) is 6.87. The van der Waals surface area contributed by atoms with Crippen molar-refractivity contribution in [2.24, 2.45) is 5.92 Å². The average Bonchev–Trinajstić information content (AvgIpc) is 3.00. The Hall–Kier alpha value is -2.78. The summed E-state index contributed by atoms with van der Waals surface area (Å²) in [4.78, 5) is 13.1. The molecule has 2 N–H and O–H groups in total. The molecule has 0 radical (unpaired) electrons. The number of sulfonamides is 1. The fraction of sp³-hybridized carbons (Fsp3) is 0.458. The minimum absolute atomic E-state index is 0.0720. The van der Waals surface area contributed by atoms with Crippen molar-refractivity contribution >= 4 is 15.9 Å². The zero-order valence-electron chi connectivity index (χ0n) is 19.7. The Morgan fingerprint density at radius 1 is 1.00 bits per heavy atom. The Bertz CT molecular complexity index is 1100. The molecule has 0 fully saturated rings. The monoisotopic (exact) mass is 476 g/mol. The van der Waals surface area contributed by atoms with Gasteiger partial charge in [0, 0.05) is 18.0 Å². The van der Waals surface area contributed by atoms with E-state index in [0.717, 1.165) is 12.0 Å². The van der Waals surface area contributed by atoms with Gasteiger partial charge in [0.2, 0.25) is 10.0 Å². The van der Waals surface area contributed by atoms with Crippen LogP contribution in [0, 0.1) is 5.92 Å². The molecule has 1 amide bonds. The molecule has 1 aliphatic rings. The molecular formula is C24H32N2O6S. The van der Waals surface area contributed by atoms with E-state index in [0.29, 0.717) is 24.7 Å². The molecule has 8 nitrogen and oxygen atoms in total. The number of hydrogen-bond donors (Lipinski definition) is 2. The number of ether oxygens (including phenoxy) is 3. The first-order chi connectivity index (χ1) is 15.6. The van der Waals surface area contributed by atoms with Crippen LogP contribution < -0.4 is 24.2 Å². The number of carbonyl (C=O) groups excluding carboxylic acids is 1. The van der Waals surface area contributed by atoms with Crippen molar-refractivity contribution in [2.75, 3.05) is 20.3 Å². The third-order valence-electron chi connectivity index (χ3n) is 5.19. The van der Waals surface area contributed by atoms with Gasteiger partial charge in [0.1, 0.15) is 10.6 Å². The average molecular weight is 477 g/mol. The number of methoxy groups -OCH3 is 1. The van der Waals surface area contributed by atoms with Crippen molar-refractivity contribution < 1.29 is 27.4 Å². The predicted molar refractivity (Wildman–Crippen MR) is 126 cm³/mol. The highest BCUT2D eigenvalue weighted by atomic mass is 32.2. The first kappa shape index (κ1) is 24.9. The third kappa shape index (κ3) is 5.97. The lowest BCUT2D eigenvalue weighted by Crippen LogP contribution is -2.33. The number of amides is 1. The van der Waals surface area contributed by atoms with Crippen molar-refractivity contribution in [1.82, 2.24) is 10.0 Å². The Labute approximate surface area is 195 Å². The topological polar surface area (TPSA) is 103 Å². The minimum atomic E-state index is -3.85. The van der Waals surface area contributed by atoms with Gasteiger partial charge in [-0.15, -0.1) is 0 Å². The lowest BCUT2D eigenvalue weighted by molar-refractivity contribution is 0.0925. The summed E-state index contributed by atoms with van der Waals surface area (Å²) in [5.74, 6) is 1.20. The van der Waals surface area contributed by atoms with Crippen LogP contribution in [0.2, 0.25) is 0 Å². The van der Waals surface area contributed by atoms with Gasteiger partial charge >= 0.3 is 0 Å². The molecule has 0 saturated heterocycles. The van der Waals surface area contributed by atoms with Crippen LogP contribution in [0.5, 0.6) is 17.2 Å². The van der Waals surface area contributed by atoms with Gasteiger partial charge < -0.3 is 19.5 Å². The van der Waals surface area contributed by atoms with E-state index in [1.54, 1.807) is 19.9 Å². The summed E-state index contributed by atoms with van der Waals surface area (Å²) in [6.45, 7) is 8.63. The Kier molecular flexibility index (Phi) is 7.86. The Morgan fingerprint density at radius 2 is 1.70 bits per heavy atom. The van der Waals surface area contributed by atoms with Crippen molar-refractivity contribution in [3.05, 3.63) is 47.5 Å². The maximum atomic E-state index is 13.2. The number of rotatable bonds is 8. The van der Waals surface area contributed by atoms with Crippen LogP contribution in [0.3, 0.4) is 0 Å². The van der Waals surface area contributed by atoms with Crippen LogP contribution in [0.4, 0.5) is 0 Å². The highest BCUT2D eigenvalue weighted by molar-refractivity contribution is 7.89. The SMILES string of the molecule is COc1ccc(C(=O)N[C@H](c2ccc3c(c2)OCCCO3)C(C)C)cc1S(=O)(=O)NC(C)C. The van der Waals surface area contributed by atoms with Gasteiger partial charge in [-0.1, -0.05) is 19.9 Å². The zero-order valence-corrected chi connectivity index (χ0v) is 20.5. The van der Waals surface area contributed by atoms with Crippen LogP contribution in [-0.4, -0.2) is 40.7 Å². The molecule has 0 saturated carbocycles. The van der Waals surface area contributed by atoms with Crippen molar-refractivity contribution in [3.8, 4) is 17.2 Å². The van der Waals surface area contributed by atoms with Crippen LogP contribution >= 0.6 is 0 Å². The molecule has 2 aromatic rings. The van der Waals surface area contributed by atoms with E-state index in [9.17, 15) is 13.2 Å². The number of benzene rings is 2. The molecule has 0 aromatic heterocycles. The molecule has 3 rings (SSSR count). The Morgan fingerprint density at radius 3 is 2.33 bits per heavy atom. The lowest BCUT2D eigenvalue weighted by Gasteiger charge is -2.24. The van der Waals surface area contributed by atoms with Gasteiger partial charge in [-0.25, -0.2) is 13.1 Å². The fourth-order valence-corrected chi connectivity index (χ4v) is 5.08. The van der Waals surface area contributed by atoms with E-state index in [1.165, 1.54) is 19.2 Å². The summed E-state index contributed by atoms with van der Waals surface area (Å²) in [7, 11) is -2.46. The van der Waals surface area contributed by atoms with E-state index in [4.69, 9.17) is 14.2 Å². The van der Waals surface area contributed by atoms with E-state index in [1.807, 2.05) is 32.0 Å². The summed E-state index contributed by atoms with van der Waals surface area (Å²) in [5.41, 5.74) is 1.10. The van der Waals surface area contributed by atoms with Crippen LogP contribution in [-0.2, 0) is 10.0 Å². The quantitative estimate of drug-likeness (QED) is 0.603. The summed E-state index contributed by atoms with van der Waals surface area (Å²) in [6, 6.07) is 9.41. The summed E-state index contributed by atoms with van der Waals surface area (Å²) in [6.07, 6.45) is 0.808. The van der Waals surface area contributed by atoms with Crippen molar-refractivity contribution in [1.29, 1.82) is 0 Å². The second-order valence-electron chi connectivity index (χ2n) is 8.59. The van der Waals surface area contributed by atoms with E-state index in [-0.39, 0.29) is 40.1 Å². The Balaban J connectivity index is 1.90. The second kappa shape index (κ2) is 10.4. The molecule has 0 spiro atoms. The number of nitrogens with one attached hydrogen (secondary N) is 2. The molecule has 33 heavy (non-hydrogen) atoms. The molecule has 9 heteroatoms. The fourth-order valence-electron chi connectivity index (χ4n) is 3.63. The van der Waals surface area contributed by atoms with Gasteiger partial charge in [-0.2, -0.15) is 0 Å².